The van der Waals surface area contributed by atoms with E-state index in [2.05, 4.69) is 29.4 Å². The zero-order valence-corrected chi connectivity index (χ0v) is 12.8. The monoisotopic (exact) mass is 278 g/mol. The van der Waals surface area contributed by atoms with Gasteiger partial charge in [0, 0.05) is 6.54 Å². The summed E-state index contributed by atoms with van der Waals surface area (Å²) in [6.45, 7) is 3.09. The Balaban J connectivity index is 2.09. The van der Waals surface area contributed by atoms with E-state index in [1.54, 1.807) is 7.11 Å². The molecule has 1 atom stereocenters. The highest BCUT2D eigenvalue weighted by Crippen LogP contribution is 2.33. The molecule has 4 nitrogen and oxygen atoms in total. The van der Waals surface area contributed by atoms with E-state index in [-0.39, 0.29) is 6.10 Å². The van der Waals surface area contributed by atoms with Crippen molar-refractivity contribution in [1.82, 2.24) is 10.2 Å². The minimum absolute atomic E-state index is 0.266. The lowest BCUT2D eigenvalue weighted by molar-refractivity contribution is 0.101. The second kappa shape index (κ2) is 7.50. The molecule has 1 N–H and O–H groups in total. The lowest BCUT2D eigenvalue weighted by Gasteiger charge is -2.30. The number of likely N-dealkylation sites (N-methyl/N-ethyl adjacent to an activating group) is 2. The molecule has 1 saturated heterocycles. The highest BCUT2D eigenvalue weighted by Gasteiger charge is 2.20. The minimum Gasteiger partial charge on any atom is -0.493 e. The molecule has 0 spiro atoms. The predicted octanol–water partition coefficient (Wildman–Crippen LogP) is 1.93. The molecule has 112 valence electrons. The number of hydrogen-bond donors (Lipinski definition) is 1. The first-order valence-corrected chi connectivity index (χ1v) is 7.40. The molecule has 0 bridgehead atoms. The molecule has 0 aliphatic carbocycles. The van der Waals surface area contributed by atoms with Gasteiger partial charge in [-0.1, -0.05) is 12.1 Å². The number of rotatable bonds is 6. The molecule has 1 aromatic rings. The Morgan fingerprint density at radius 2 is 2.25 bits per heavy atom. The fourth-order valence-corrected chi connectivity index (χ4v) is 2.74. The Hall–Kier alpha value is -1.26. The topological polar surface area (TPSA) is 33.7 Å². The van der Waals surface area contributed by atoms with Gasteiger partial charge in [0.15, 0.2) is 11.5 Å². The van der Waals surface area contributed by atoms with Crippen molar-refractivity contribution in [2.45, 2.75) is 25.4 Å². The van der Waals surface area contributed by atoms with Crippen molar-refractivity contribution in [3.63, 3.8) is 0 Å². The summed E-state index contributed by atoms with van der Waals surface area (Å²) >= 11 is 0. The molecule has 1 unspecified atom stereocenters. The molecule has 1 fully saturated rings. The maximum Gasteiger partial charge on any atom is 0.163 e. The van der Waals surface area contributed by atoms with Gasteiger partial charge in [0.1, 0.15) is 6.10 Å². The van der Waals surface area contributed by atoms with Crippen molar-refractivity contribution in [3.8, 4) is 11.5 Å². The molecule has 0 aromatic heterocycles. The molecule has 1 aliphatic heterocycles. The maximum absolute atomic E-state index is 6.18. The maximum atomic E-state index is 6.18. The van der Waals surface area contributed by atoms with Gasteiger partial charge in [0.25, 0.3) is 0 Å². The lowest BCUT2D eigenvalue weighted by Crippen LogP contribution is -2.38. The third kappa shape index (κ3) is 3.87. The number of likely N-dealkylation sites (tertiary alicyclic amines) is 1. The summed E-state index contributed by atoms with van der Waals surface area (Å²) in [6, 6.07) is 6.17. The molecular weight excluding hydrogens is 252 g/mol. The van der Waals surface area contributed by atoms with Gasteiger partial charge >= 0.3 is 0 Å². The highest BCUT2D eigenvalue weighted by molar-refractivity contribution is 5.47. The summed E-state index contributed by atoms with van der Waals surface area (Å²) in [5.41, 5.74) is 1.20. The Labute approximate surface area is 122 Å². The molecule has 4 heteroatoms. The predicted molar refractivity (Wildman–Crippen MR) is 81.8 cm³/mol. The molecule has 1 aromatic carbocycles. The summed E-state index contributed by atoms with van der Waals surface area (Å²) in [6.07, 6.45) is 3.53. The van der Waals surface area contributed by atoms with Crippen molar-refractivity contribution in [2.24, 2.45) is 0 Å². The van der Waals surface area contributed by atoms with Crippen LogP contribution in [0.1, 0.15) is 18.4 Å². The van der Waals surface area contributed by atoms with Gasteiger partial charge in [-0.2, -0.15) is 0 Å². The number of ether oxygens (including phenoxy) is 2. The second-order valence-corrected chi connectivity index (χ2v) is 5.45. The first-order valence-electron chi connectivity index (χ1n) is 7.40. The van der Waals surface area contributed by atoms with Crippen LogP contribution in [-0.2, 0) is 6.42 Å². The van der Waals surface area contributed by atoms with E-state index in [9.17, 15) is 0 Å². The van der Waals surface area contributed by atoms with Gasteiger partial charge in [-0.25, -0.2) is 0 Å². The molecule has 0 saturated carbocycles. The summed E-state index contributed by atoms with van der Waals surface area (Å²) in [4.78, 5) is 2.32. The highest BCUT2D eigenvalue weighted by atomic mass is 16.5. The molecule has 0 amide bonds. The molecule has 2 rings (SSSR count). The SMILES string of the molecule is CNCCc1cccc(OC2CCCN(C)C2)c1OC. The van der Waals surface area contributed by atoms with Gasteiger partial charge in [0.2, 0.25) is 0 Å². The lowest BCUT2D eigenvalue weighted by atomic mass is 10.1. The van der Waals surface area contributed by atoms with Crippen LogP contribution in [0.5, 0.6) is 11.5 Å². The zero-order chi connectivity index (χ0) is 14.4. The van der Waals surface area contributed by atoms with E-state index in [1.165, 1.54) is 18.5 Å². The Morgan fingerprint density at radius 1 is 1.40 bits per heavy atom. The Morgan fingerprint density at radius 3 is 2.95 bits per heavy atom. The van der Waals surface area contributed by atoms with Crippen molar-refractivity contribution >= 4 is 0 Å². The first-order chi connectivity index (χ1) is 9.74. The minimum atomic E-state index is 0.266. The second-order valence-electron chi connectivity index (χ2n) is 5.45. The largest absolute Gasteiger partial charge is 0.493 e. The quantitative estimate of drug-likeness (QED) is 0.862. The average Bonchev–Trinajstić information content (AvgIpc) is 2.45. The van der Waals surface area contributed by atoms with Crippen LogP contribution in [0.2, 0.25) is 0 Å². The fourth-order valence-electron chi connectivity index (χ4n) is 2.74. The molecular formula is C16H26N2O2. The van der Waals surface area contributed by atoms with E-state index < -0.39 is 0 Å². The number of piperidine rings is 1. The van der Waals surface area contributed by atoms with Crippen molar-refractivity contribution in [2.75, 3.05) is 40.8 Å². The number of para-hydroxylation sites is 1. The third-order valence-electron chi connectivity index (χ3n) is 3.78. The van der Waals surface area contributed by atoms with E-state index in [0.29, 0.717) is 0 Å². The van der Waals surface area contributed by atoms with E-state index >= 15 is 0 Å². The molecule has 1 heterocycles. The van der Waals surface area contributed by atoms with Crippen LogP contribution in [0.25, 0.3) is 0 Å². The first kappa shape index (κ1) is 15.1. The van der Waals surface area contributed by atoms with Gasteiger partial charge in [-0.05, 0) is 58.1 Å². The van der Waals surface area contributed by atoms with Crippen molar-refractivity contribution < 1.29 is 9.47 Å². The normalized spacial score (nSPS) is 19.9. The fraction of sp³-hybridized carbons (Fsp3) is 0.625. The van der Waals surface area contributed by atoms with Crippen LogP contribution in [0, 0.1) is 0 Å². The molecule has 0 radical (unpaired) electrons. The van der Waals surface area contributed by atoms with Crippen LogP contribution < -0.4 is 14.8 Å². The van der Waals surface area contributed by atoms with E-state index in [1.807, 2.05) is 13.1 Å². The van der Waals surface area contributed by atoms with Crippen LogP contribution in [0.3, 0.4) is 0 Å². The third-order valence-corrected chi connectivity index (χ3v) is 3.78. The van der Waals surface area contributed by atoms with Gasteiger partial charge < -0.3 is 19.7 Å². The Bertz CT molecular complexity index is 423. The Kier molecular flexibility index (Phi) is 5.68. The molecule has 20 heavy (non-hydrogen) atoms. The van der Waals surface area contributed by atoms with Crippen molar-refractivity contribution in [3.05, 3.63) is 23.8 Å². The van der Waals surface area contributed by atoms with Crippen LogP contribution >= 0.6 is 0 Å². The van der Waals surface area contributed by atoms with Gasteiger partial charge in [0.05, 0.1) is 7.11 Å². The van der Waals surface area contributed by atoms with Crippen LogP contribution in [0.15, 0.2) is 18.2 Å². The summed E-state index contributed by atoms with van der Waals surface area (Å²) < 4.78 is 11.8. The van der Waals surface area contributed by atoms with Gasteiger partial charge in [-0.15, -0.1) is 0 Å². The summed E-state index contributed by atoms with van der Waals surface area (Å²) in [5.74, 6) is 1.76. The summed E-state index contributed by atoms with van der Waals surface area (Å²) in [5, 5.41) is 3.17. The van der Waals surface area contributed by atoms with Gasteiger partial charge in [-0.3, -0.25) is 0 Å². The average molecular weight is 278 g/mol. The van der Waals surface area contributed by atoms with E-state index in [4.69, 9.17) is 9.47 Å². The zero-order valence-electron chi connectivity index (χ0n) is 12.8. The molecule has 1 aliphatic rings. The van der Waals surface area contributed by atoms with Crippen molar-refractivity contribution in [1.29, 1.82) is 0 Å². The van der Waals surface area contributed by atoms with Crippen LogP contribution in [-0.4, -0.2) is 51.8 Å². The van der Waals surface area contributed by atoms with E-state index in [0.717, 1.165) is 37.4 Å². The van der Waals surface area contributed by atoms with Crippen LogP contribution in [0.4, 0.5) is 0 Å². The summed E-state index contributed by atoms with van der Waals surface area (Å²) in [7, 11) is 5.83. The number of methoxy groups -OCH3 is 1. The number of hydrogen-bond acceptors (Lipinski definition) is 4. The number of benzene rings is 1. The number of nitrogens with zero attached hydrogens (tertiary/aromatic N) is 1. The number of nitrogens with one attached hydrogen (secondary N) is 1. The standard InChI is InChI=1S/C16H26N2O2/c1-17-10-9-13-6-4-8-15(16(13)19-3)20-14-7-5-11-18(2)12-14/h4,6,8,14,17H,5,7,9-12H2,1-3H3. The smallest absolute Gasteiger partial charge is 0.163 e.